The number of hydrogen-bond donors (Lipinski definition) is 8. The fourth-order valence-corrected chi connectivity index (χ4v) is 7.58. The molecule has 0 aromatic heterocycles. The molecule has 0 aliphatic carbocycles. The van der Waals surface area contributed by atoms with Gasteiger partial charge in [-0.15, -0.1) is 0 Å². The zero-order valence-corrected chi connectivity index (χ0v) is 35.0. The fraction of sp³-hybridized carbons (Fsp3) is 0.442. The summed E-state index contributed by atoms with van der Waals surface area (Å²) in [6, 6.07) is 33.0. The molecule has 0 fully saturated rings. The maximum Gasteiger partial charge on any atom is 0.334 e. The van der Waals surface area contributed by atoms with Crippen LogP contribution in [0.1, 0.15) is 114 Å². The lowest BCUT2D eigenvalue weighted by Crippen LogP contribution is -2.55. The first-order valence-electron chi connectivity index (χ1n) is 17.9. The third-order valence-electron chi connectivity index (χ3n) is 10.7. The fourth-order valence-electron chi connectivity index (χ4n) is 7.06. The molecule has 0 amide bonds. The van der Waals surface area contributed by atoms with E-state index < -0.39 is 58.9 Å². The van der Waals surface area contributed by atoms with E-state index in [1.807, 2.05) is 60.7 Å². The van der Waals surface area contributed by atoms with Crippen LogP contribution in [-0.4, -0.2) is 59.8 Å². The van der Waals surface area contributed by atoms with Gasteiger partial charge in [0.25, 0.3) is 0 Å². The van der Waals surface area contributed by atoms with Gasteiger partial charge in [0.15, 0.2) is 0 Å². The molecule has 4 rings (SSSR count). The van der Waals surface area contributed by atoms with Gasteiger partial charge in [-0.05, 0) is 55.3 Å². The number of hydrogen-bond acceptors (Lipinski definition) is 9. The van der Waals surface area contributed by atoms with Crippen molar-refractivity contribution >= 4 is 17.2 Å². The van der Waals surface area contributed by atoms with Gasteiger partial charge in [0, 0.05) is 10.8 Å². The summed E-state index contributed by atoms with van der Waals surface area (Å²) in [5.74, 6) is 0. The van der Waals surface area contributed by atoms with Crippen molar-refractivity contribution in [2.75, 3.05) is 19.8 Å². The Morgan fingerprint density at radius 2 is 0.759 bits per heavy atom. The summed E-state index contributed by atoms with van der Waals surface area (Å²) in [6.45, 7) is 19.6. The third kappa shape index (κ3) is 9.66. The van der Waals surface area contributed by atoms with E-state index in [2.05, 4.69) is 110 Å². The van der Waals surface area contributed by atoms with Crippen molar-refractivity contribution in [1.29, 1.82) is 0 Å². The maximum absolute atomic E-state index is 13.5. The Bertz CT molecular complexity index is 1660. The highest BCUT2D eigenvalue weighted by atomic mass is 31.2. The number of benzene rings is 4. The molecule has 0 saturated carbocycles. The summed E-state index contributed by atoms with van der Waals surface area (Å²) in [6.07, 6.45) is 0. The van der Waals surface area contributed by atoms with Crippen LogP contribution >= 0.6 is 17.2 Å². The first kappa shape index (κ1) is 45.8. The van der Waals surface area contributed by atoms with Crippen molar-refractivity contribution in [2.24, 2.45) is 5.41 Å². The molecule has 0 aliphatic rings. The second-order valence-electron chi connectivity index (χ2n) is 17.1. The van der Waals surface area contributed by atoms with E-state index in [1.54, 1.807) is 0 Å². The van der Waals surface area contributed by atoms with Crippen molar-refractivity contribution < 1.29 is 44.3 Å². The summed E-state index contributed by atoms with van der Waals surface area (Å²) in [5, 5.41) is 46.5. The Balaban J connectivity index is 0.00000102. The van der Waals surface area contributed by atoms with Crippen molar-refractivity contribution in [2.45, 2.75) is 96.5 Å². The normalized spacial score (nSPS) is 13.3. The number of aliphatic hydroxyl groups is 4. The second-order valence-corrected chi connectivity index (χ2v) is 18.7. The summed E-state index contributed by atoms with van der Waals surface area (Å²) in [4.78, 5) is 31.3. The van der Waals surface area contributed by atoms with Crippen LogP contribution in [-0.2, 0) is 31.6 Å². The van der Waals surface area contributed by atoms with Crippen LogP contribution in [0.15, 0.2) is 97.1 Å². The van der Waals surface area contributed by atoms with Crippen molar-refractivity contribution in [1.82, 2.24) is 0 Å². The summed E-state index contributed by atoms with van der Waals surface area (Å²) < 4.78 is 3.60. The molecule has 0 spiro atoms. The molecular formula is C43H60O9P2. The zero-order valence-electron chi connectivity index (χ0n) is 33.2. The quantitative estimate of drug-likeness (QED) is 0.0676. The molecule has 9 nitrogen and oxygen atoms in total. The van der Waals surface area contributed by atoms with Crippen LogP contribution in [0.2, 0.25) is 0 Å². The highest BCUT2D eigenvalue weighted by Gasteiger charge is 2.55. The SMILES string of the molecule is CC(C)(C)c1cc(C(C)(C)c2ccccc2)ccc1C(O)(c1ccc(C(C)(C)c2ccccc2)cc1C(C)(C)C)C(CO)(CO)CO.OP(O)OP(O)O. The number of aliphatic hydroxyl groups excluding tert-OH is 3. The molecule has 4 aromatic rings. The molecule has 0 saturated heterocycles. The van der Waals surface area contributed by atoms with E-state index >= 15 is 0 Å². The van der Waals surface area contributed by atoms with Crippen molar-refractivity contribution in [3.8, 4) is 0 Å². The monoisotopic (exact) mass is 782 g/mol. The minimum absolute atomic E-state index is 0.332. The zero-order chi connectivity index (χ0) is 40.9. The molecule has 0 bridgehead atoms. The van der Waals surface area contributed by atoms with E-state index in [9.17, 15) is 20.4 Å². The molecule has 0 aliphatic heterocycles. The van der Waals surface area contributed by atoms with Crippen LogP contribution in [0.5, 0.6) is 0 Å². The van der Waals surface area contributed by atoms with Gasteiger partial charge in [-0.1, -0.05) is 166 Å². The highest BCUT2D eigenvalue weighted by Crippen LogP contribution is 2.52. The highest BCUT2D eigenvalue weighted by molar-refractivity contribution is 7.53. The summed E-state index contributed by atoms with van der Waals surface area (Å²) >= 11 is 0. The Kier molecular flexibility index (Phi) is 15.0. The molecule has 296 valence electrons. The smallest absolute Gasteiger partial charge is 0.334 e. The minimum Gasteiger partial charge on any atom is -0.395 e. The van der Waals surface area contributed by atoms with Crippen LogP contribution < -0.4 is 0 Å². The van der Waals surface area contributed by atoms with Crippen LogP contribution in [0.3, 0.4) is 0 Å². The summed E-state index contributed by atoms with van der Waals surface area (Å²) in [5.41, 5.74) is 2.22. The van der Waals surface area contributed by atoms with Gasteiger partial charge in [0.2, 0.25) is 0 Å². The molecule has 0 unspecified atom stereocenters. The van der Waals surface area contributed by atoms with E-state index in [1.165, 1.54) is 11.1 Å². The van der Waals surface area contributed by atoms with E-state index in [4.69, 9.17) is 19.6 Å². The molecular weight excluding hydrogens is 722 g/mol. The molecule has 8 N–H and O–H groups in total. The molecule has 0 radical (unpaired) electrons. The Morgan fingerprint density at radius 3 is 1.00 bits per heavy atom. The molecule has 54 heavy (non-hydrogen) atoms. The standard InChI is InChI=1S/C43H56O4.H4O5P2/c1-38(2,3)36-25-32(40(7,8)30-17-13-11-14-18-30)21-23-34(36)43(47,42(27-44,28-45)29-46)35-24-22-33(26-37(35)39(4,5)6)41(9,10)31-19-15-12-16-20-31;1-6(2)5-7(3)4/h11-26,44-47H,27-29H2,1-10H3;1-4H. The summed E-state index contributed by atoms with van der Waals surface area (Å²) in [7, 11) is -5.22. The van der Waals surface area contributed by atoms with Gasteiger partial charge >= 0.3 is 17.2 Å². The van der Waals surface area contributed by atoms with E-state index in [0.717, 1.165) is 22.3 Å². The van der Waals surface area contributed by atoms with E-state index in [0.29, 0.717) is 11.1 Å². The lowest BCUT2D eigenvalue weighted by Gasteiger charge is -2.49. The van der Waals surface area contributed by atoms with Crippen LogP contribution in [0, 0.1) is 5.41 Å². The number of rotatable bonds is 12. The topological polar surface area (TPSA) is 171 Å². The average Bonchev–Trinajstić information content (AvgIpc) is 3.11. The van der Waals surface area contributed by atoms with Gasteiger partial charge in [0.05, 0.1) is 25.2 Å². The average molecular weight is 783 g/mol. The molecule has 0 atom stereocenters. The first-order valence-corrected chi connectivity index (χ1v) is 20.3. The lowest BCUT2D eigenvalue weighted by molar-refractivity contribution is -0.137. The van der Waals surface area contributed by atoms with Gasteiger partial charge in [-0.3, -0.25) is 0 Å². The molecule has 4 aromatic carbocycles. The third-order valence-corrected chi connectivity index (χ3v) is 11.9. The first-order chi connectivity index (χ1) is 24.9. The van der Waals surface area contributed by atoms with Crippen molar-refractivity contribution in [3.05, 3.63) is 142 Å². The van der Waals surface area contributed by atoms with Gasteiger partial charge in [-0.2, -0.15) is 0 Å². The van der Waals surface area contributed by atoms with Crippen LogP contribution in [0.25, 0.3) is 0 Å². The Morgan fingerprint density at radius 1 is 0.444 bits per heavy atom. The largest absolute Gasteiger partial charge is 0.395 e. The second kappa shape index (κ2) is 17.7. The van der Waals surface area contributed by atoms with Gasteiger partial charge in [0.1, 0.15) is 5.60 Å². The maximum atomic E-state index is 13.5. The van der Waals surface area contributed by atoms with E-state index in [-0.39, 0.29) is 10.8 Å². The Hall–Kier alpha value is -2.62. The van der Waals surface area contributed by atoms with Crippen LogP contribution in [0.4, 0.5) is 0 Å². The molecule has 11 heteroatoms. The predicted molar refractivity (Wildman–Crippen MR) is 218 cm³/mol. The molecule has 0 heterocycles. The predicted octanol–water partition coefficient (Wildman–Crippen LogP) is 7.56. The van der Waals surface area contributed by atoms with Gasteiger partial charge < -0.3 is 40.0 Å². The Labute approximate surface area is 324 Å². The van der Waals surface area contributed by atoms with Crippen molar-refractivity contribution in [3.63, 3.8) is 0 Å². The lowest BCUT2D eigenvalue weighted by atomic mass is 9.60. The minimum atomic E-state index is -2.61. The van der Waals surface area contributed by atoms with Gasteiger partial charge in [-0.25, -0.2) is 4.31 Å².